The summed E-state index contributed by atoms with van der Waals surface area (Å²) < 4.78 is 1.55. The lowest BCUT2D eigenvalue weighted by Gasteiger charge is -2.19. The smallest absolute Gasteiger partial charge is 0.283 e. The molecule has 0 fully saturated rings. The van der Waals surface area contributed by atoms with Crippen molar-refractivity contribution in [1.29, 1.82) is 0 Å². The predicted octanol–water partition coefficient (Wildman–Crippen LogP) is 0.561. The molecule has 0 bridgehead atoms. The second-order valence-corrected chi connectivity index (χ2v) is 3.76. The summed E-state index contributed by atoms with van der Waals surface area (Å²) in [7, 11) is 1.71. The van der Waals surface area contributed by atoms with Gasteiger partial charge in [-0.15, -0.1) is 0 Å². The number of nitrogens with zero attached hydrogens (tertiary/aromatic N) is 1. The fourth-order valence-corrected chi connectivity index (χ4v) is 1.64. The number of aryl methyl sites for hydroxylation is 1. The minimum Gasteiger partial charge on any atom is -0.321 e. The molecule has 0 aromatic carbocycles. The average Bonchev–Trinajstić information content (AvgIpc) is 2.05. The van der Waals surface area contributed by atoms with Crippen molar-refractivity contribution in [2.45, 2.75) is 19.4 Å². The molecular weight excluding hydrogens is 178 g/mol. The van der Waals surface area contributed by atoms with Crippen LogP contribution in [-0.2, 0) is 12.6 Å². The highest BCUT2D eigenvalue weighted by molar-refractivity contribution is 6.31. The molecule has 0 atom stereocenters. The molecule has 1 heterocycles. The fraction of sp³-hybridized carbons (Fsp3) is 0.571. The van der Waals surface area contributed by atoms with E-state index < -0.39 is 5.54 Å². The molecule has 0 aliphatic carbocycles. The molecule has 0 spiro atoms. The minimum atomic E-state index is -0.606. The molecule has 1 rings (SSSR count). The highest BCUT2D eigenvalue weighted by atomic mass is 35.5. The SMILES string of the molecule is Cn1[nH]c(=O)c(Cl)c1C(C)(C)N. The number of nitrogens with one attached hydrogen (secondary N) is 1. The summed E-state index contributed by atoms with van der Waals surface area (Å²) in [5, 5.41) is 2.70. The standard InChI is InChI=1S/C7H12ClN3O/c1-7(2,9)5-4(8)6(12)10-11(5)3/h9H2,1-3H3,(H,10,12). The summed E-state index contributed by atoms with van der Waals surface area (Å²) >= 11 is 5.75. The van der Waals surface area contributed by atoms with E-state index >= 15 is 0 Å². The van der Waals surface area contributed by atoms with Gasteiger partial charge >= 0.3 is 0 Å². The van der Waals surface area contributed by atoms with E-state index in [1.807, 2.05) is 0 Å². The van der Waals surface area contributed by atoms with Gasteiger partial charge < -0.3 is 5.73 Å². The Hall–Kier alpha value is -0.740. The molecule has 68 valence electrons. The molecule has 3 N–H and O–H groups in total. The van der Waals surface area contributed by atoms with Crippen LogP contribution in [0.2, 0.25) is 5.02 Å². The Balaban J connectivity index is 3.43. The molecule has 1 aromatic heterocycles. The zero-order chi connectivity index (χ0) is 9.52. The Morgan fingerprint density at radius 3 is 2.25 bits per heavy atom. The Morgan fingerprint density at radius 2 is 2.08 bits per heavy atom. The van der Waals surface area contributed by atoms with E-state index in [1.165, 1.54) is 0 Å². The van der Waals surface area contributed by atoms with Crippen LogP contribution in [0, 0.1) is 0 Å². The number of nitrogens with two attached hydrogens (primary N) is 1. The maximum Gasteiger partial charge on any atom is 0.283 e. The van der Waals surface area contributed by atoms with Crippen molar-refractivity contribution in [1.82, 2.24) is 9.78 Å². The van der Waals surface area contributed by atoms with E-state index in [0.29, 0.717) is 5.69 Å². The van der Waals surface area contributed by atoms with E-state index in [1.54, 1.807) is 25.6 Å². The van der Waals surface area contributed by atoms with Crippen LogP contribution in [0.25, 0.3) is 0 Å². The minimum absolute atomic E-state index is 0.171. The number of halogens is 1. The van der Waals surface area contributed by atoms with Gasteiger partial charge in [0.1, 0.15) is 5.02 Å². The molecule has 0 aliphatic rings. The molecule has 0 saturated heterocycles. The van der Waals surface area contributed by atoms with E-state index in [2.05, 4.69) is 5.10 Å². The molecule has 0 aliphatic heterocycles. The molecule has 0 amide bonds. The first kappa shape index (κ1) is 9.35. The van der Waals surface area contributed by atoms with Gasteiger partial charge in [-0.1, -0.05) is 11.6 Å². The summed E-state index contributed by atoms with van der Waals surface area (Å²) in [4.78, 5) is 11.0. The molecule has 4 nitrogen and oxygen atoms in total. The fourth-order valence-electron chi connectivity index (χ4n) is 1.23. The van der Waals surface area contributed by atoms with Gasteiger partial charge in [0.15, 0.2) is 0 Å². The van der Waals surface area contributed by atoms with Crippen LogP contribution in [-0.4, -0.2) is 9.78 Å². The zero-order valence-corrected chi connectivity index (χ0v) is 8.07. The lowest BCUT2D eigenvalue weighted by molar-refractivity contribution is 0.496. The maximum atomic E-state index is 11.0. The third-order valence-corrected chi connectivity index (χ3v) is 1.97. The molecular formula is C7H12ClN3O. The molecule has 0 unspecified atom stereocenters. The first-order chi connectivity index (χ1) is 5.34. The van der Waals surface area contributed by atoms with Crippen molar-refractivity contribution in [3.63, 3.8) is 0 Å². The highest BCUT2D eigenvalue weighted by Crippen LogP contribution is 2.21. The van der Waals surface area contributed by atoms with Crippen molar-refractivity contribution in [3.05, 3.63) is 21.1 Å². The number of aromatic nitrogens is 2. The third kappa shape index (κ3) is 1.40. The maximum absolute atomic E-state index is 11.0. The molecule has 12 heavy (non-hydrogen) atoms. The second-order valence-electron chi connectivity index (χ2n) is 3.38. The summed E-state index contributed by atoms with van der Waals surface area (Å²) in [5.74, 6) is 0. The molecule has 0 saturated carbocycles. The van der Waals surface area contributed by atoms with Crippen LogP contribution in [0.5, 0.6) is 0 Å². The van der Waals surface area contributed by atoms with E-state index in [-0.39, 0.29) is 10.6 Å². The zero-order valence-electron chi connectivity index (χ0n) is 7.31. The predicted molar refractivity (Wildman–Crippen MR) is 48.3 cm³/mol. The van der Waals surface area contributed by atoms with Crippen LogP contribution in [0.4, 0.5) is 0 Å². The summed E-state index contributed by atoms with van der Waals surface area (Å²) in [6, 6.07) is 0. The van der Waals surface area contributed by atoms with E-state index in [0.717, 1.165) is 0 Å². The van der Waals surface area contributed by atoms with E-state index in [9.17, 15) is 4.79 Å². The average molecular weight is 190 g/mol. The van der Waals surface area contributed by atoms with Gasteiger partial charge in [-0.25, -0.2) is 0 Å². The highest BCUT2D eigenvalue weighted by Gasteiger charge is 2.23. The second kappa shape index (κ2) is 2.64. The number of hydrogen-bond donors (Lipinski definition) is 2. The van der Waals surface area contributed by atoms with Gasteiger partial charge in [0.25, 0.3) is 5.56 Å². The lowest BCUT2D eigenvalue weighted by atomic mass is 10.0. The van der Waals surface area contributed by atoms with E-state index in [4.69, 9.17) is 17.3 Å². The lowest BCUT2D eigenvalue weighted by Crippen LogP contribution is -2.31. The number of aromatic amines is 1. The van der Waals surface area contributed by atoms with Crippen molar-refractivity contribution in [3.8, 4) is 0 Å². The molecule has 0 radical (unpaired) electrons. The van der Waals surface area contributed by atoms with Crippen molar-refractivity contribution in [2.75, 3.05) is 0 Å². The first-order valence-corrected chi connectivity index (χ1v) is 3.95. The van der Waals surface area contributed by atoms with Gasteiger partial charge in [0.2, 0.25) is 0 Å². The van der Waals surface area contributed by atoms with Crippen LogP contribution >= 0.6 is 11.6 Å². The van der Waals surface area contributed by atoms with Crippen LogP contribution in [0.3, 0.4) is 0 Å². The quantitative estimate of drug-likeness (QED) is 0.678. The summed E-state index contributed by atoms with van der Waals surface area (Å²) in [5.41, 5.74) is 5.52. The molecule has 1 aromatic rings. The number of hydrogen-bond acceptors (Lipinski definition) is 2. The largest absolute Gasteiger partial charge is 0.321 e. The Kier molecular flexibility index (Phi) is 2.06. The van der Waals surface area contributed by atoms with Crippen LogP contribution in [0.15, 0.2) is 4.79 Å². The monoisotopic (exact) mass is 189 g/mol. The third-order valence-electron chi connectivity index (χ3n) is 1.62. The van der Waals surface area contributed by atoms with Gasteiger partial charge in [-0.05, 0) is 13.8 Å². The summed E-state index contributed by atoms with van der Waals surface area (Å²) in [6.07, 6.45) is 0. The van der Waals surface area contributed by atoms with Gasteiger partial charge in [0.05, 0.1) is 11.2 Å². The Labute approximate surface area is 75.3 Å². The van der Waals surface area contributed by atoms with Gasteiger partial charge in [0, 0.05) is 7.05 Å². The first-order valence-electron chi connectivity index (χ1n) is 3.58. The normalized spacial score (nSPS) is 12.1. The van der Waals surface area contributed by atoms with Crippen molar-refractivity contribution in [2.24, 2.45) is 12.8 Å². The number of rotatable bonds is 1. The van der Waals surface area contributed by atoms with Crippen LogP contribution < -0.4 is 11.3 Å². The number of H-pyrrole nitrogens is 1. The topological polar surface area (TPSA) is 63.8 Å². The Bertz CT molecular complexity index is 345. The van der Waals surface area contributed by atoms with Gasteiger partial charge in [-0.3, -0.25) is 14.6 Å². The Morgan fingerprint density at radius 1 is 1.58 bits per heavy atom. The van der Waals surface area contributed by atoms with Gasteiger partial charge in [-0.2, -0.15) is 0 Å². The van der Waals surface area contributed by atoms with Crippen molar-refractivity contribution >= 4 is 11.6 Å². The summed E-state index contributed by atoms with van der Waals surface area (Å²) in [6.45, 7) is 3.59. The van der Waals surface area contributed by atoms with Crippen LogP contribution in [0.1, 0.15) is 19.5 Å². The van der Waals surface area contributed by atoms with Crippen molar-refractivity contribution < 1.29 is 0 Å². The molecule has 5 heteroatoms.